The summed E-state index contributed by atoms with van der Waals surface area (Å²) in [7, 11) is 4.58. The van der Waals surface area contributed by atoms with Crippen LogP contribution in [0.15, 0.2) is 36.4 Å². The Morgan fingerprint density at radius 2 is 1.61 bits per heavy atom. The van der Waals surface area contributed by atoms with Crippen molar-refractivity contribution in [2.45, 2.75) is 19.3 Å². The first-order valence-corrected chi connectivity index (χ1v) is 9.04. The lowest BCUT2D eigenvalue weighted by molar-refractivity contribution is -0.117. The summed E-state index contributed by atoms with van der Waals surface area (Å²) >= 11 is 0. The summed E-state index contributed by atoms with van der Waals surface area (Å²) < 4.78 is 16.0. The summed E-state index contributed by atoms with van der Waals surface area (Å²) in [6, 6.07) is 10.6. The number of carbonyl (C=O) groups excluding carboxylic acids is 2. The van der Waals surface area contributed by atoms with Crippen LogP contribution in [0, 0.1) is 5.92 Å². The molecule has 0 atom stereocenters. The molecule has 2 aromatic rings. The molecule has 1 aliphatic rings. The molecule has 1 fully saturated rings. The van der Waals surface area contributed by atoms with Crippen molar-refractivity contribution in [1.29, 1.82) is 0 Å². The molecule has 7 nitrogen and oxygen atoms in total. The highest BCUT2D eigenvalue weighted by atomic mass is 16.5. The summed E-state index contributed by atoms with van der Waals surface area (Å²) in [5.41, 5.74) is 1.95. The minimum Gasteiger partial charge on any atom is -0.493 e. The van der Waals surface area contributed by atoms with Crippen LogP contribution in [-0.2, 0) is 16.0 Å². The van der Waals surface area contributed by atoms with Crippen molar-refractivity contribution >= 4 is 23.2 Å². The normalized spacial score (nSPS) is 12.8. The Morgan fingerprint density at radius 1 is 0.929 bits per heavy atom. The van der Waals surface area contributed by atoms with E-state index in [1.54, 1.807) is 43.5 Å². The van der Waals surface area contributed by atoms with Gasteiger partial charge in [0.1, 0.15) is 0 Å². The molecule has 2 N–H and O–H groups in total. The van der Waals surface area contributed by atoms with Crippen LogP contribution < -0.4 is 24.8 Å². The maximum absolute atomic E-state index is 12.5. The molecule has 148 valence electrons. The minimum absolute atomic E-state index is 0.0264. The lowest BCUT2D eigenvalue weighted by Gasteiger charge is -2.15. The van der Waals surface area contributed by atoms with Crippen molar-refractivity contribution in [3.05, 3.63) is 42.0 Å². The maximum atomic E-state index is 12.5. The standard InChI is InChI=1S/C21H24N2O5/c1-26-17-10-9-14(19(27-2)20(17)28-3)11-18(24)22-15-5-4-6-16(12-15)23-21(25)13-7-8-13/h4-6,9-10,12-13H,7-8,11H2,1-3H3,(H,22,24)(H,23,25). The number of anilines is 2. The number of carbonyl (C=O) groups is 2. The van der Waals surface area contributed by atoms with Crippen LogP contribution in [0.25, 0.3) is 0 Å². The summed E-state index contributed by atoms with van der Waals surface area (Å²) in [4.78, 5) is 24.4. The molecule has 2 aromatic carbocycles. The van der Waals surface area contributed by atoms with Gasteiger partial charge in [-0.2, -0.15) is 0 Å². The average molecular weight is 384 g/mol. The predicted octanol–water partition coefficient (Wildman–Crippen LogP) is 3.24. The van der Waals surface area contributed by atoms with Crippen LogP contribution >= 0.6 is 0 Å². The molecule has 2 amide bonds. The fraction of sp³-hybridized carbons (Fsp3) is 0.333. The molecule has 0 heterocycles. The fourth-order valence-corrected chi connectivity index (χ4v) is 2.95. The van der Waals surface area contributed by atoms with E-state index >= 15 is 0 Å². The monoisotopic (exact) mass is 384 g/mol. The van der Waals surface area contributed by atoms with Gasteiger partial charge >= 0.3 is 0 Å². The minimum atomic E-state index is -0.212. The Morgan fingerprint density at radius 3 is 2.21 bits per heavy atom. The van der Waals surface area contributed by atoms with E-state index in [4.69, 9.17) is 14.2 Å². The summed E-state index contributed by atoms with van der Waals surface area (Å²) in [6.45, 7) is 0. The van der Waals surface area contributed by atoms with Crippen LogP contribution in [0.4, 0.5) is 11.4 Å². The number of amides is 2. The van der Waals surface area contributed by atoms with Gasteiger partial charge in [-0.1, -0.05) is 12.1 Å². The molecule has 0 spiro atoms. The second-order valence-corrected chi connectivity index (χ2v) is 6.56. The average Bonchev–Trinajstić information content (AvgIpc) is 3.53. The van der Waals surface area contributed by atoms with Crippen molar-refractivity contribution in [2.75, 3.05) is 32.0 Å². The zero-order chi connectivity index (χ0) is 20.1. The van der Waals surface area contributed by atoms with E-state index in [9.17, 15) is 9.59 Å². The highest BCUT2D eigenvalue weighted by molar-refractivity contribution is 5.96. The number of ether oxygens (including phenoxy) is 3. The maximum Gasteiger partial charge on any atom is 0.228 e. The molecule has 0 saturated heterocycles. The van der Waals surface area contributed by atoms with Gasteiger partial charge in [-0.25, -0.2) is 0 Å². The molecule has 0 bridgehead atoms. The van der Waals surface area contributed by atoms with Crippen LogP contribution in [0.3, 0.4) is 0 Å². The van der Waals surface area contributed by atoms with Gasteiger partial charge in [-0.15, -0.1) is 0 Å². The number of methoxy groups -OCH3 is 3. The fourth-order valence-electron chi connectivity index (χ4n) is 2.95. The summed E-state index contributed by atoms with van der Waals surface area (Å²) in [5, 5.41) is 5.72. The van der Waals surface area contributed by atoms with Gasteiger partial charge in [-0.3, -0.25) is 9.59 Å². The molecule has 1 aliphatic carbocycles. The van der Waals surface area contributed by atoms with Crippen molar-refractivity contribution in [2.24, 2.45) is 5.92 Å². The van der Waals surface area contributed by atoms with Crippen molar-refractivity contribution in [1.82, 2.24) is 0 Å². The van der Waals surface area contributed by atoms with Gasteiger partial charge < -0.3 is 24.8 Å². The molecule has 1 saturated carbocycles. The van der Waals surface area contributed by atoms with Gasteiger partial charge in [0.2, 0.25) is 17.6 Å². The largest absolute Gasteiger partial charge is 0.493 e. The Hall–Kier alpha value is -3.22. The van der Waals surface area contributed by atoms with Crippen molar-refractivity contribution < 1.29 is 23.8 Å². The number of rotatable bonds is 8. The number of benzene rings is 2. The Kier molecular flexibility index (Phi) is 6.03. The van der Waals surface area contributed by atoms with Gasteiger partial charge in [0.25, 0.3) is 0 Å². The summed E-state index contributed by atoms with van der Waals surface area (Å²) in [5.74, 6) is 1.37. The van der Waals surface area contributed by atoms with Crippen LogP contribution in [0.1, 0.15) is 18.4 Å². The lowest BCUT2D eigenvalue weighted by atomic mass is 10.1. The van der Waals surface area contributed by atoms with E-state index in [1.165, 1.54) is 14.2 Å². The Bertz CT molecular complexity index is 877. The number of hydrogen-bond donors (Lipinski definition) is 2. The molecule has 28 heavy (non-hydrogen) atoms. The van der Waals surface area contributed by atoms with Gasteiger partial charge in [0.15, 0.2) is 11.5 Å². The first kappa shape index (κ1) is 19.5. The first-order chi connectivity index (χ1) is 13.5. The first-order valence-electron chi connectivity index (χ1n) is 9.04. The third-order valence-electron chi connectivity index (χ3n) is 4.50. The van der Waals surface area contributed by atoms with Crippen molar-refractivity contribution in [3.63, 3.8) is 0 Å². The van der Waals surface area contributed by atoms with E-state index in [1.807, 2.05) is 0 Å². The molecular weight excluding hydrogens is 360 g/mol. The number of hydrogen-bond acceptors (Lipinski definition) is 5. The third-order valence-corrected chi connectivity index (χ3v) is 4.50. The van der Waals surface area contributed by atoms with E-state index in [0.29, 0.717) is 34.2 Å². The van der Waals surface area contributed by atoms with E-state index in [-0.39, 0.29) is 24.2 Å². The van der Waals surface area contributed by atoms with Crippen LogP contribution in [0.5, 0.6) is 17.2 Å². The molecule has 0 aliphatic heterocycles. The molecule has 3 rings (SSSR count). The van der Waals surface area contributed by atoms with Crippen molar-refractivity contribution in [3.8, 4) is 17.2 Å². The van der Waals surface area contributed by atoms with Gasteiger partial charge in [0.05, 0.1) is 27.8 Å². The zero-order valence-electron chi connectivity index (χ0n) is 16.2. The van der Waals surface area contributed by atoms with Gasteiger partial charge in [0, 0.05) is 22.9 Å². The second-order valence-electron chi connectivity index (χ2n) is 6.56. The highest BCUT2D eigenvalue weighted by Gasteiger charge is 2.29. The van der Waals surface area contributed by atoms with E-state index < -0.39 is 0 Å². The highest BCUT2D eigenvalue weighted by Crippen LogP contribution is 2.40. The molecule has 0 aromatic heterocycles. The number of nitrogens with one attached hydrogen (secondary N) is 2. The molecule has 0 unspecified atom stereocenters. The van der Waals surface area contributed by atoms with Gasteiger partial charge in [-0.05, 0) is 37.1 Å². The Balaban J connectivity index is 1.69. The molecule has 7 heteroatoms. The lowest BCUT2D eigenvalue weighted by Crippen LogP contribution is -2.16. The molecular formula is C21H24N2O5. The topological polar surface area (TPSA) is 85.9 Å². The zero-order valence-corrected chi connectivity index (χ0v) is 16.2. The second kappa shape index (κ2) is 8.65. The van der Waals surface area contributed by atoms with E-state index in [0.717, 1.165) is 12.8 Å². The van der Waals surface area contributed by atoms with E-state index in [2.05, 4.69) is 10.6 Å². The quantitative estimate of drug-likeness (QED) is 0.730. The van der Waals surface area contributed by atoms with Crippen LogP contribution in [-0.4, -0.2) is 33.1 Å². The third kappa shape index (κ3) is 4.54. The van der Waals surface area contributed by atoms with Crippen LogP contribution in [0.2, 0.25) is 0 Å². The Labute approximate surface area is 164 Å². The smallest absolute Gasteiger partial charge is 0.228 e. The summed E-state index contributed by atoms with van der Waals surface area (Å²) in [6.07, 6.45) is 1.98. The SMILES string of the molecule is COc1ccc(CC(=O)Nc2cccc(NC(=O)C3CC3)c2)c(OC)c1OC. The predicted molar refractivity (Wildman–Crippen MR) is 106 cm³/mol. The molecule has 0 radical (unpaired) electrons.